The second kappa shape index (κ2) is 8.49. The number of hydrogen-bond acceptors (Lipinski definition) is 6. The number of halogens is 2. The summed E-state index contributed by atoms with van der Waals surface area (Å²) in [5.41, 5.74) is 1.39. The number of nitrogens with one attached hydrogen (secondary N) is 1. The first-order valence-corrected chi connectivity index (χ1v) is 10.9. The molecule has 0 fully saturated rings. The molecule has 1 unspecified atom stereocenters. The number of nitrogens with zero attached hydrogens (tertiary/aromatic N) is 3. The lowest BCUT2D eigenvalue weighted by molar-refractivity contribution is -0.116. The van der Waals surface area contributed by atoms with Crippen LogP contribution in [-0.4, -0.2) is 33.8 Å². The molecule has 0 aliphatic carbocycles. The molecule has 0 spiro atoms. The molecule has 0 saturated heterocycles. The molecule has 1 aliphatic rings. The normalized spacial score (nSPS) is 15.2. The van der Waals surface area contributed by atoms with E-state index in [2.05, 4.69) is 15.5 Å². The Labute approximate surface area is 179 Å². The van der Waals surface area contributed by atoms with Crippen LogP contribution in [0.5, 0.6) is 0 Å². The maximum atomic E-state index is 13.7. The molecule has 30 heavy (non-hydrogen) atoms. The van der Waals surface area contributed by atoms with Crippen molar-refractivity contribution in [3.8, 4) is 0 Å². The van der Waals surface area contributed by atoms with Crippen molar-refractivity contribution in [3.63, 3.8) is 0 Å². The fourth-order valence-corrected chi connectivity index (χ4v) is 4.94. The molecule has 0 saturated carbocycles. The number of hydrogen-bond donors (Lipinski definition) is 1. The van der Waals surface area contributed by atoms with Crippen molar-refractivity contribution >= 4 is 45.7 Å². The average molecular weight is 447 g/mol. The van der Waals surface area contributed by atoms with Crippen LogP contribution in [0.2, 0.25) is 0 Å². The molecule has 6 nitrogen and oxygen atoms in total. The number of rotatable bonds is 5. The number of para-hydroxylation sites is 1. The zero-order valence-corrected chi connectivity index (χ0v) is 17.4. The molecule has 1 aliphatic heterocycles. The summed E-state index contributed by atoms with van der Waals surface area (Å²) in [4.78, 5) is 26.7. The molecule has 4 rings (SSSR count). The highest BCUT2D eigenvalue weighted by Gasteiger charge is 2.30. The summed E-state index contributed by atoms with van der Waals surface area (Å²) < 4.78 is 27.9. The number of fused-ring (bicyclic) bond motifs is 1. The molecule has 2 amide bonds. The van der Waals surface area contributed by atoms with E-state index in [1.54, 1.807) is 4.90 Å². The van der Waals surface area contributed by atoms with E-state index in [0.29, 0.717) is 4.34 Å². The van der Waals surface area contributed by atoms with Crippen LogP contribution in [0.4, 0.5) is 19.6 Å². The minimum Gasteiger partial charge on any atom is -0.308 e. The Hall–Kier alpha value is -2.85. The van der Waals surface area contributed by atoms with E-state index in [9.17, 15) is 18.4 Å². The van der Waals surface area contributed by atoms with Crippen molar-refractivity contribution in [2.24, 2.45) is 0 Å². The molecule has 2 heterocycles. The minimum absolute atomic E-state index is 0.0494. The molecule has 10 heteroatoms. The van der Waals surface area contributed by atoms with Crippen LogP contribution in [0.15, 0.2) is 46.8 Å². The van der Waals surface area contributed by atoms with Gasteiger partial charge in [0.15, 0.2) is 4.34 Å². The van der Waals surface area contributed by atoms with Crippen LogP contribution < -0.4 is 10.2 Å². The molecule has 1 aromatic heterocycles. The molecule has 154 valence electrons. The molecule has 0 bridgehead atoms. The summed E-state index contributed by atoms with van der Waals surface area (Å²) >= 11 is 2.23. The third-order valence-electron chi connectivity index (χ3n) is 4.61. The fraction of sp³-hybridized carbons (Fsp3) is 0.200. The van der Waals surface area contributed by atoms with Gasteiger partial charge in [-0.25, -0.2) is 8.78 Å². The number of thioether (sulfide) groups is 1. The SMILES string of the molecule is CC1Cc2ccccc2N1C(=O)CSc1nnc(NC(=O)c2c(F)cccc2F)s1. The Morgan fingerprint density at radius 2 is 1.90 bits per heavy atom. The summed E-state index contributed by atoms with van der Waals surface area (Å²) in [5, 5.41) is 10.2. The van der Waals surface area contributed by atoms with Gasteiger partial charge in [-0.3, -0.25) is 14.9 Å². The van der Waals surface area contributed by atoms with E-state index in [1.165, 1.54) is 17.8 Å². The first-order valence-electron chi connectivity index (χ1n) is 9.05. The van der Waals surface area contributed by atoms with Gasteiger partial charge in [-0.15, -0.1) is 10.2 Å². The van der Waals surface area contributed by atoms with E-state index in [-0.39, 0.29) is 22.8 Å². The predicted octanol–water partition coefficient (Wildman–Crippen LogP) is 4.14. The maximum Gasteiger partial charge on any atom is 0.263 e. The van der Waals surface area contributed by atoms with Gasteiger partial charge in [-0.1, -0.05) is 47.4 Å². The lowest BCUT2D eigenvalue weighted by atomic mass is 10.1. The molecule has 3 aromatic rings. The highest BCUT2D eigenvalue weighted by atomic mass is 32.2. The van der Waals surface area contributed by atoms with Gasteiger partial charge < -0.3 is 4.90 Å². The van der Waals surface area contributed by atoms with Crippen LogP contribution in [-0.2, 0) is 11.2 Å². The molecule has 2 aromatic carbocycles. The highest BCUT2D eigenvalue weighted by molar-refractivity contribution is 8.01. The van der Waals surface area contributed by atoms with E-state index in [4.69, 9.17) is 0 Å². The van der Waals surface area contributed by atoms with E-state index in [0.717, 1.165) is 41.1 Å². The molecular weight excluding hydrogens is 430 g/mol. The Bertz CT molecular complexity index is 1100. The summed E-state index contributed by atoms with van der Waals surface area (Å²) in [6, 6.07) is 11.1. The summed E-state index contributed by atoms with van der Waals surface area (Å²) in [7, 11) is 0. The average Bonchev–Trinajstić information content (AvgIpc) is 3.29. The second-order valence-corrected chi connectivity index (χ2v) is 8.86. The first-order chi connectivity index (χ1) is 14.4. The number of anilines is 2. The number of amides is 2. The van der Waals surface area contributed by atoms with Crippen molar-refractivity contribution < 1.29 is 18.4 Å². The Kier molecular flexibility index (Phi) is 5.78. The van der Waals surface area contributed by atoms with Gasteiger partial charge >= 0.3 is 0 Å². The van der Waals surface area contributed by atoms with Crippen molar-refractivity contribution in [2.75, 3.05) is 16.0 Å². The maximum absolute atomic E-state index is 13.7. The minimum atomic E-state index is -0.961. The van der Waals surface area contributed by atoms with Crippen LogP contribution in [0, 0.1) is 11.6 Å². The monoisotopic (exact) mass is 446 g/mol. The lowest BCUT2D eigenvalue weighted by Gasteiger charge is -2.22. The topological polar surface area (TPSA) is 75.2 Å². The molecule has 1 N–H and O–H groups in total. The first kappa shape index (κ1) is 20.4. The smallest absolute Gasteiger partial charge is 0.263 e. The number of aromatic nitrogens is 2. The van der Waals surface area contributed by atoms with Gasteiger partial charge in [0.25, 0.3) is 5.91 Å². The standard InChI is InChI=1S/C20H16F2N4O2S2/c1-11-9-12-5-2-3-8-15(12)26(11)16(27)10-29-20-25-24-19(30-20)23-18(28)17-13(21)6-4-7-14(17)22/h2-8,11H,9-10H2,1H3,(H,23,24,28). The van der Waals surface area contributed by atoms with Gasteiger partial charge in [0.1, 0.15) is 17.2 Å². The number of carbonyl (C=O) groups excluding carboxylic acids is 2. The van der Waals surface area contributed by atoms with Gasteiger partial charge in [0.05, 0.1) is 5.75 Å². The van der Waals surface area contributed by atoms with Crippen molar-refractivity contribution in [1.29, 1.82) is 0 Å². The van der Waals surface area contributed by atoms with Crippen LogP contribution >= 0.6 is 23.1 Å². The third-order valence-corrected chi connectivity index (χ3v) is 6.57. The van der Waals surface area contributed by atoms with Crippen LogP contribution in [0.1, 0.15) is 22.8 Å². The van der Waals surface area contributed by atoms with Crippen molar-refractivity contribution in [2.45, 2.75) is 23.7 Å². The highest BCUT2D eigenvalue weighted by Crippen LogP contribution is 2.33. The Morgan fingerprint density at radius 3 is 2.67 bits per heavy atom. The zero-order valence-electron chi connectivity index (χ0n) is 15.8. The quantitative estimate of drug-likeness (QED) is 0.471. The summed E-state index contributed by atoms with van der Waals surface area (Å²) in [6.45, 7) is 2.00. The third kappa shape index (κ3) is 4.05. The number of benzene rings is 2. The molecule has 1 atom stereocenters. The predicted molar refractivity (Wildman–Crippen MR) is 112 cm³/mol. The number of carbonyl (C=O) groups is 2. The van der Waals surface area contributed by atoms with Gasteiger partial charge in [-0.2, -0.15) is 0 Å². The van der Waals surface area contributed by atoms with Gasteiger partial charge in [0.2, 0.25) is 11.0 Å². The van der Waals surface area contributed by atoms with E-state index < -0.39 is 23.1 Å². The molecule has 0 radical (unpaired) electrons. The Morgan fingerprint density at radius 1 is 1.17 bits per heavy atom. The van der Waals surface area contributed by atoms with Crippen LogP contribution in [0.25, 0.3) is 0 Å². The zero-order chi connectivity index (χ0) is 21.3. The van der Waals surface area contributed by atoms with E-state index >= 15 is 0 Å². The summed E-state index contributed by atoms with van der Waals surface area (Å²) in [5.74, 6) is -2.76. The second-order valence-electron chi connectivity index (χ2n) is 6.66. The fourth-order valence-electron chi connectivity index (χ4n) is 3.33. The van der Waals surface area contributed by atoms with Crippen molar-refractivity contribution in [3.05, 3.63) is 65.2 Å². The van der Waals surface area contributed by atoms with E-state index in [1.807, 2.05) is 31.2 Å². The Balaban J connectivity index is 1.38. The van der Waals surface area contributed by atoms with Gasteiger partial charge in [0, 0.05) is 11.7 Å². The van der Waals surface area contributed by atoms with Crippen molar-refractivity contribution in [1.82, 2.24) is 10.2 Å². The largest absolute Gasteiger partial charge is 0.308 e. The lowest BCUT2D eigenvalue weighted by Crippen LogP contribution is -2.36. The van der Waals surface area contributed by atoms with Gasteiger partial charge in [-0.05, 0) is 37.1 Å². The molecular formula is C20H16F2N4O2S2. The van der Waals surface area contributed by atoms with Crippen LogP contribution in [0.3, 0.4) is 0 Å². The summed E-state index contributed by atoms with van der Waals surface area (Å²) in [6.07, 6.45) is 0.814.